The van der Waals surface area contributed by atoms with Crippen molar-refractivity contribution in [2.45, 2.75) is 13.8 Å². The summed E-state index contributed by atoms with van der Waals surface area (Å²) in [4.78, 5) is 12.0. The van der Waals surface area contributed by atoms with Crippen LogP contribution in [0.5, 0.6) is 5.75 Å². The Morgan fingerprint density at radius 3 is 2.67 bits per heavy atom. The van der Waals surface area contributed by atoms with E-state index in [1.807, 2.05) is 50.2 Å². The van der Waals surface area contributed by atoms with E-state index in [0.29, 0.717) is 5.56 Å². The normalized spacial score (nSPS) is 10.6. The van der Waals surface area contributed by atoms with Crippen molar-refractivity contribution in [2.75, 3.05) is 7.11 Å². The maximum atomic E-state index is 12.0. The monoisotopic (exact) mass is 282 g/mol. The van der Waals surface area contributed by atoms with E-state index < -0.39 is 0 Å². The smallest absolute Gasteiger partial charge is 0.271 e. The molecule has 0 spiro atoms. The van der Waals surface area contributed by atoms with Crippen LogP contribution in [0.25, 0.3) is 0 Å². The Hall–Kier alpha value is -2.62. The zero-order valence-electron chi connectivity index (χ0n) is 12.4. The number of carbonyl (C=O) groups is 1. The predicted molar refractivity (Wildman–Crippen MR) is 84.0 cm³/mol. The molecule has 2 aromatic rings. The lowest BCUT2D eigenvalue weighted by Crippen LogP contribution is -2.17. The summed E-state index contributed by atoms with van der Waals surface area (Å²) in [6, 6.07) is 13.0. The van der Waals surface area contributed by atoms with Crippen LogP contribution in [0.4, 0.5) is 0 Å². The molecule has 1 amide bonds. The fourth-order valence-electron chi connectivity index (χ4n) is 1.83. The van der Waals surface area contributed by atoms with Crippen LogP contribution >= 0.6 is 0 Å². The van der Waals surface area contributed by atoms with Crippen LogP contribution in [-0.2, 0) is 0 Å². The van der Waals surface area contributed by atoms with E-state index in [2.05, 4.69) is 10.5 Å². The lowest BCUT2D eigenvalue weighted by Gasteiger charge is -2.04. The predicted octanol–water partition coefficient (Wildman–Crippen LogP) is 3.08. The van der Waals surface area contributed by atoms with E-state index in [4.69, 9.17) is 4.74 Å². The molecule has 0 heterocycles. The molecule has 4 heteroatoms. The average molecular weight is 282 g/mol. The van der Waals surface area contributed by atoms with Crippen LogP contribution in [0.1, 0.15) is 27.0 Å². The van der Waals surface area contributed by atoms with Crippen molar-refractivity contribution in [3.8, 4) is 5.75 Å². The summed E-state index contributed by atoms with van der Waals surface area (Å²) < 4.78 is 5.13. The third kappa shape index (κ3) is 3.92. The standard InChI is InChI=1S/C17H18N2O2/c1-12-7-8-15(9-13(12)2)17(20)19-18-11-14-5-4-6-16(10-14)21-3/h4-11H,1-3H3,(H,19,20)/b18-11+. The first-order valence-electron chi connectivity index (χ1n) is 6.65. The lowest BCUT2D eigenvalue weighted by atomic mass is 10.1. The number of aryl methyl sites for hydroxylation is 2. The summed E-state index contributed by atoms with van der Waals surface area (Å²) in [6.45, 7) is 3.99. The zero-order chi connectivity index (χ0) is 15.2. The number of ether oxygens (including phenoxy) is 1. The molecule has 2 aromatic carbocycles. The molecular formula is C17H18N2O2. The second-order valence-electron chi connectivity index (χ2n) is 4.77. The van der Waals surface area contributed by atoms with Gasteiger partial charge in [-0.25, -0.2) is 5.43 Å². The Labute approximate surface area is 124 Å². The van der Waals surface area contributed by atoms with E-state index >= 15 is 0 Å². The van der Waals surface area contributed by atoms with Gasteiger partial charge in [0, 0.05) is 5.56 Å². The number of hydrogen-bond acceptors (Lipinski definition) is 3. The van der Waals surface area contributed by atoms with Gasteiger partial charge in [-0.3, -0.25) is 4.79 Å². The maximum absolute atomic E-state index is 12.0. The van der Waals surface area contributed by atoms with Crippen molar-refractivity contribution < 1.29 is 9.53 Å². The molecule has 0 radical (unpaired) electrons. The Morgan fingerprint density at radius 2 is 1.95 bits per heavy atom. The quantitative estimate of drug-likeness (QED) is 0.692. The van der Waals surface area contributed by atoms with Crippen LogP contribution in [0.2, 0.25) is 0 Å². The van der Waals surface area contributed by atoms with Crippen molar-refractivity contribution >= 4 is 12.1 Å². The van der Waals surface area contributed by atoms with Gasteiger partial charge in [0.05, 0.1) is 13.3 Å². The fraction of sp³-hybridized carbons (Fsp3) is 0.176. The average Bonchev–Trinajstić information content (AvgIpc) is 2.50. The van der Waals surface area contributed by atoms with Crippen LogP contribution in [0.15, 0.2) is 47.6 Å². The van der Waals surface area contributed by atoms with Gasteiger partial charge < -0.3 is 4.74 Å². The van der Waals surface area contributed by atoms with Gasteiger partial charge in [-0.15, -0.1) is 0 Å². The number of rotatable bonds is 4. The van der Waals surface area contributed by atoms with E-state index in [1.165, 1.54) is 0 Å². The van der Waals surface area contributed by atoms with Crippen molar-refractivity contribution in [3.63, 3.8) is 0 Å². The summed E-state index contributed by atoms with van der Waals surface area (Å²) in [5.74, 6) is 0.525. The number of methoxy groups -OCH3 is 1. The van der Waals surface area contributed by atoms with Gasteiger partial charge in [-0.2, -0.15) is 5.10 Å². The number of benzene rings is 2. The number of carbonyl (C=O) groups excluding carboxylic acids is 1. The molecule has 0 atom stereocenters. The Bertz CT molecular complexity index is 678. The first-order valence-corrected chi connectivity index (χ1v) is 6.65. The second-order valence-corrected chi connectivity index (χ2v) is 4.77. The van der Waals surface area contributed by atoms with Gasteiger partial charge >= 0.3 is 0 Å². The van der Waals surface area contributed by atoms with E-state index in [0.717, 1.165) is 22.4 Å². The molecule has 0 unspecified atom stereocenters. The first kappa shape index (κ1) is 14.8. The highest BCUT2D eigenvalue weighted by Gasteiger charge is 2.05. The van der Waals surface area contributed by atoms with Gasteiger partial charge in [0.15, 0.2) is 0 Å². The van der Waals surface area contributed by atoms with Gasteiger partial charge in [-0.1, -0.05) is 18.2 Å². The van der Waals surface area contributed by atoms with Crippen LogP contribution < -0.4 is 10.2 Å². The maximum Gasteiger partial charge on any atom is 0.271 e. The molecule has 0 aliphatic carbocycles. The summed E-state index contributed by atoms with van der Waals surface area (Å²) >= 11 is 0. The molecule has 0 bridgehead atoms. The molecule has 0 fully saturated rings. The number of nitrogens with zero attached hydrogens (tertiary/aromatic N) is 1. The number of amides is 1. The molecule has 2 rings (SSSR count). The molecule has 0 saturated carbocycles. The van der Waals surface area contributed by atoms with Gasteiger partial charge in [-0.05, 0) is 54.8 Å². The summed E-state index contributed by atoms with van der Waals surface area (Å²) in [5, 5.41) is 3.97. The van der Waals surface area contributed by atoms with Crippen molar-refractivity contribution in [1.82, 2.24) is 5.43 Å². The third-order valence-electron chi connectivity index (χ3n) is 3.24. The van der Waals surface area contributed by atoms with Crippen LogP contribution in [0.3, 0.4) is 0 Å². The van der Waals surface area contributed by atoms with Gasteiger partial charge in [0.2, 0.25) is 0 Å². The minimum atomic E-state index is -0.225. The molecule has 0 aromatic heterocycles. The third-order valence-corrected chi connectivity index (χ3v) is 3.24. The molecule has 0 aliphatic heterocycles. The highest BCUT2D eigenvalue weighted by molar-refractivity contribution is 5.95. The summed E-state index contributed by atoms with van der Waals surface area (Å²) in [5.41, 5.74) is 6.22. The topological polar surface area (TPSA) is 50.7 Å². The fourth-order valence-corrected chi connectivity index (χ4v) is 1.83. The molecule has 1 N–H and O–H groups in total. The SMILES string of the molecule is COc1cccc(/C=N/NC(=O)c2ccc(C)c(C)c2)c1. The number of hydrogen-bond donors (Lipinski definition) is 1. The number of hydrazone groups is 1. The summed E-state index contributed by atoms with van der Waals surface area (Å²) in [6.07, 6.45) is 1.58. The lowest BCUT2D eigenvalue weighted by molar-refractivity contribution is 0.0955. The van der Waals surface area contributed by atoms with Crippen molar-refractivity contribution in [3.05, 3.63) is 64.7 Å². The van der Waals surface area contributed by atoms with E-state index in [1.54, 1.807) is 19.4 Å². The minimum Gasteiger partial charge on any atom is -0.497 e. The molecule has 21 heavy (non-hydrogen) atoms. The highest BCUT2D eigenvalue weighted by Crippen LogP contribution is 2.11. The number of nitrogens with one attached hydrogen (secondary N) is 1. The van der Waals surface area contributed by atoms with Crippen molar-refractivity contribution in [1.29, 1.82) is 0 Å². The first-order chi connectivity index (χ1) is 10.1. The molecular weight excluding hydrogens is 264 g/mol. The largest absolute Gasteiger partial charge is 0.497 e. The van der Waals surface area contributed by atoms with Crippen LogP contribution in [0, 0.1) is 13.8 Å². The molecule has 108 valence electrons. The van der Waals surface area contributed by atoms with Gasteiger partial charge in [0.25, 0.3) is 5.91 Å². The van der Waals surface area contributed by atoms with Gasteiger partial charge in [0.1, 0.15) is 5.75 Å². The highest BCUT2D eigenvalue weighted by atomic mass is 16.5. The minimum absolute atomic E-state index is 0.225. The van der Waals surface area contributed by atoms with E-state index in [-0.39, 0.29) is 5.91 Å². The van der Waals surface area contributed by atoms with Crippen LogP contribution in [-0.4, -0.2) is 19.2 Å². The molecule has 0 aliphatic rings. The Kier molecular flexibility index (Phi) is 4.72. The Morgan fingerprint density at radius 1 is 1.14 bits per heavy atom. The molecule has 0 saturated heterocycles. The molecule has 4 nitrogen and oxygen atoms in total. The zero-order valence-corrected chi connectivity index (χ0v) is 12.4. The van der Waals surface area contributed by atoms with E-state index in [9.17, 15) is 4.79 Å². The Balaban J connectivity index is 2.02. The van der Waals surface area contributed by atoms with Crippen molar-refractivity contribution in [2.24, 2.45) is 5.10 Å². The summed E-state index contributed by atoms with van der Waals surface area (Å²) in [7, 11) is 1.61. The second kappa shape index (κ2) is 6.70.